The Kier molecular flexibility index (Phi) is 15.2. The predicted molar refractivity (Wildman–Crippen MR) is 233 cm³/mol. The first kappa shape index (κ1) is 43.8. The smallest absolute Gasteiger partial charge is 0.338 e. The van der Waals surface area contributed by atoms with E-state index in [1.54, 1.807) is 18.3 Å². The Balaban J connectivity index is 1.14. The molecule has 5 rings (SSSR count). The Morgan fingerprint density at radius 3 is 2.45 bits per heavy atom. The van der Waals surface area contributed by atoms with Crippen LogP contribution in [-0.2, 0) is 9.53 Å². The van der Waals surface area contributed by atoms with E-state index < -0.39 is 12.1 Å². The van der Waals surface area contributed by atoms with Crippen molar-refractivity contribution in [1.29, 1.82) is 5.41 Å². The zero-order valence-corrected chi connectivity index (χ0v) is 35.8. The van der Waals surface area contributed by atoms with Crippen LogP contribution in [-0.4, -0.2) is 54.4 Å². The number of Topliss-reactive ketones (excluding diaryl/α,β-unsaturated/α-hetero) is 1. The van der Waals surface area contributed by atoms with E-state index in [0.717, 1.165) is 73.2 Å². The fourth-order valence-electron chi connectivity index (χ4n) is 11.5. The highest BCUT2D eigenvalue weighted by Crippen LogP contribution is 2.67. The SMILES string of the molecule is C=C(N)NCCCCC(NC(=N)N)C(=O)C(CS)/N=C/c1ccc(C(=O)OC2CCC3(C)C(=CCC4C3CCC3(C)C(C(C)CCCC(C)C)CCC43)C2)cc1. The van der Waals surface area contributed by atoms with E-state index in [1.165, 1.54) is 56.9 Å². The number of ether oxygens (including phenoxy) is 1. The van der Waals surface area contributed by atoms with Crippen LogP contribution in [0, 0.1) is 51.7 Å². The van der Waals surface area contributed by atoms with Crippen molar-refractivity contribution in [2.45, 2.75) is 143 Å². The fraction of sp³-hybridized carbons (Fsp3) is 0.696. The molecule has 10 unspecified atom stereocenters. The number of nitrogens with two attached hydrogens (primary N) is 2. The first-order chi connectivity index (χ1) is 26.7. The molecule has 0 radical (unpaired) electrons. The maximum Gasteiger partial charge on any atom is 0.338 e. The summed E-state index contributed by atoms with van der Waals surface area (Å²) in [5.74, 6) is 4.72. The summed E-state index contributed by atoms with van der Waals surface area (Å²) in [4.78, 5) is 31.3. The minimum atomic E-state index is -0.718. The van der Waals surface area contributed by atoms with Crippen LogP contribution < -0.4 is 22.1 Å². The molecule has 0 aromatic heterocycles. The third-order valence-electron chi connectivity index (χ3n) is 14.5. The number of rotatable bonds is 19. The second-order valence-electron chi connectivity index (χ2n) is 18.6. The Hall–Kier alpha value is -3.27. The molecule has 4 aliphatic carbocycles. The summed E-state index contributed by atoms with van der Waals surface area (Å²) in [7, 11) is 0. The molecule has 1 aromatic carbocycles. The number of aliphatic imine (C=N–C) groups is 1. The summed E-state index contributed by atoms with van der Waals surface area (Å²) in [6, 6.07) is 5.80. The van der Waals surface area contributed by atoms with Gasteiger partial charge in [-0.05, 0) is 128 Å². The number of esters is 1. The summed E-state index contributed by atoms with van der Waals surface area (Å²) < 4.78 is 6.17. The summed E-state index contributed by atoms with van der Waals surface area (Å²) >= 11 is 4.39. The molecule has 10 heteroatoms. The highest BCUT2D eigenvalue weighted by atomic mass is 32.1. The molecular weight excluding hydrogens is 717 g/mol. The molecule has 7 N–H and O–H groups in total. The Morgan fingerprint density at radius 2 is 1.77 bits per heavy atom. The van der Waals surface area contributed by atoms with Gasteiger partial charge < -0.3 is 26.8 Å². The lowest BCUT2D eigenvalue weighted by atomic mass is 9.47. The maximum absolute atomic E-state index is 13.4. The number of ketones is 1. The Morgan fingerprint density at radius 1 is 1.02 bits per heavy atom. The second-order valence-corrected chi connectivity index (χ2v) is 19.0. The van der Waals surface area contributed by atoms with Crippen LogP contribution in [0.1, 0.15) is 140 Å². The lowest BCUT2D eigenvalue weighted by Gasteiger charge is -2.58. The second kappa shape index (κ2) is 19.5. The molecule has 3 saturated carbocycles. The molecule has 0 saturated heterocycles. The Labute approximate surface area is 343 Å². The van der Waals surface area contributed by atoms with Gasteiger partial charge >= 0.3 is 5.97 Å². The van der Waals surface area contributed by atoms with Crippen molar-refractivity contribution in [3.63, 3.8) is 0 Å². The van der Waals surface area contributed by atoms with Crippen LogP contribution in [0.25, 0.3) is 0 Å². The van der Waals surface area contributed by atoms with Gasteiger partial charge in [-0.2, -0.15) is 12.6 Å². The quantitative estimate of drug-likeness (QED) is 0.0205. The topological polar surface area (TPSA) is 156 Å². The summed E-state index contributed by atoms with van der Waals surface area (Å²) in [5.41, 5.74) is 14.6. The van der Waals surface area contributed by atoms with E-state index in [0.29, 0.717) is 29.8 Å². The zero-order valence-electron chi connectivity index (χ0n) is 35.0. The highest BCUT2D eigenvalue weighted by molar-refractivity contribution is 7.80. The van der Waals surface area contributed by atoms with Gasteiger partial charge in [0.1, 0.15) is 12.1 Å². The standard InChI is InChI=1S/C46H72N6O3S/c1-29(2)10-9-11-30(3)37-19-20-38-36-18-17-34-26-35(21-23-45(34,5)39(36)22-24-46(37,38)6)55-43(54)33-15-13-32(14-16-33)27-51-41(28-56)42(53)40(52-44(48)49)12-7-8-25-50-31(4)47/h13-17,27,29-30,35-41,50,56H,4,7-12,18-26,28,47H2,1-3,5-6H3,(H4,48,49,52)/b51-27+. The number of guanidine groups is 1. The molecule has 0 spiro atoms. The van der Waals surface area contributed by atoms with Crippen molar-refractivity contribution < 1.29 is 14.3 Å². The van der Waals surface area contributed by atoms with Gasteiger partial charge in [0.25, 0.3) is 0 Å². The Bertz CT molecular complexity index is 1590. The van der Waals surface area contributed by atoms with Gasteiger partial charge in [0.05, 0.1) is 17.4 Å². The minimum absolute atomic E-state index is 0.105. The summed E-state index contributed by atoms with van der Waals surface area (Å²) in [6.45, 7) is 16.7. The summed E-state index contributed by atoms with van der Waals surface area (Å²) in [6.07, 6.45) is 19.7. The summed E-state index contributed by atoms with van der Waals surface area (Å²) in [5, 5.41) is 13.4. The average molecular weight is 789 g/mol. The number of hydrogen-bond donors (Lipinski definition) is 6. The monoisotopic (exact) mass is 789 g/mol. The molecule has 4 aliphatic rings. The van der Waals surface area contributed by atoms with Crippen molar-refractivity contribution in [2.75, 3.05) is 12.3 Å². The average Bonchev–Trinajstić information content (AvgIpc) is 3.51. The van der Waals surface area contributed by atoms with Gasteiger partial charge in [0, 0.05) is 24.9 Å². The minimum Gasteiger partial charge on any atom is -0.458 e. The van der Waals surface area contributed by atoms with Gasteiger partial charge in [-0.3, -0.25) is 15.2 Å². The lowest BCUT2D eigenvalue weighted by Crippen LogP contribution is -2.51. The number of allylic oxidation sites excluding steroid dienone is 1. The zero-order chi connectivity index (χ0) is 40.6. The third kappa shape index (κ3) is 10.4. The number of fused-ring (bicyclic) bond motifs is 5. The van der Waals surface area contributed by atoms with Gasteiger partial charge in [-0.15, -0.1) is 0 Å². The first-order valence-electron chi connectivity index (χ1n) is 21.6. The molecule has 0 aliphatic heterocycles. The molecule has 0 bridgehead atoms. The number of benzene rings is 1. The van der Waals surface area contributed by atoms with E-state index in [9.17, 15) is 9.59 Å². The van der Waals surface area contributed by atoms with Crippen molar-refractivity contribution in [1.82, 2.24) is 10.6 Å². The molecule has 1 aromatic rings. The van der Waals surface area contributed by atoms with Gasteiger partial charge in [-0.25, -0.2) is 4.79 Å². The van der Waals surface area contributed by atoms with Crippen molar-refractivity contribution in [3.8, 4) is 0 Å². The number of carbonyl (C=O) groups excluding carboxylic acids is 2. The van der Waals surface area contributed by atoms with Crippen LogP contribution in [0.2, 0.25) is 0 Å². The molecule has 56 heavy (non-hydrogen) atoms. The van der Waals surface area contributed by atoms with Crippen LogP contribution in [0.3, 0.4) is 0 Å². The number of hydrogen-bond acceptors (Lipinski definition) is 8. The molecular formula is C46H72N6O3S. The number of thiol groups is 1. The molecule has 0 amide bonds. The van der Waals surface area contributed by atoms with E-state index in [-0.39, 0.29) is 35.0 Å². The van der Waals surface area contributed by atoms with Crippen LogP contribution >= 0.6 is 12.6 Å². The van der Waals surface area contributed by atoms with Crippen LogP contribution in [0.4, 0.5) is 0 Å². The third-order valence-corrected chi connectivity index (χ3v) is 14.9. The fourth-order valence-corrected chi connectivity index (χ4v) is 11.8. The van der Waals surface area contributed by atoms with E-state index in [2.05, 4.69) is 75.5 Å². The first-order valence-corrected chi connectivity index (χ1v) is 22.3. The van der Waals surface area contributed by atoms with Crippen LogP contribution in [0.5, 0.6) is 0 Å². The van der Waals surface area contributed by atoms with Gasteiger partial charge in [0.15, 0.2) is 11.7 Å². The number of unbranched alkanes of at least 4 members (excludes halogenated alkanes) is 1. The highest BCUT2D eigenvalue weighted by Gasteiger charge is 2.59. The van der Waals surface area contributed by atoms with Crippen molar-refractivity contribution in [3.05, 3.63) is 59.4 Å². The molecule has 10 atom stereocenters. The molecule has 0 heterocycles. The largest absolute Gasteiger partial charge is 0.458 e. The van der Waals surface area contributed by atoms with E-state index >= 15 is 0 Å². The molecule has 3 fully saturated rings. The number of carbonyl (C=O) groups is 2. The normalized spacial score (nSPS) is 30.0. The van der Waals surface area contributed by atoms with E-state index in [1.807, 2.05) is 12.1 Å². The lowest BCUT2D eigenvalue weighted by molar-refractivity contribution is -0.121. The van der Waals surface area contributed by atoms with Crippen LogP contribution in [0.15, 0.2) is 53.3 Å². The maximum atomic E-state index is 13.4. The predicted octanol–water partition coefficient (Wildman–Crippen LogP) is 8.58. The van der Waals surface area contributed by atoms with Crippen molar-refractivity contribution in [2.24, 2.45) is 62.8 Å². The number of nitrogens with one attached hydrogen (secondary N) is 3. The number of nitrogens with zero attached hydrogens (tertiary/aromatic N) is 1. The molecule has 310 valence electrons. The van der Waals surface area contributed by atoms with Crippen molar-refractivity contribution >= 4 is 36.6 Å². The molecule has 9 nitrogen and oxygen atoms in total. The van der Waals surface area contributed by atoms with Gasteiger partial charge in [-0.1, -0.05) is 84.2 Å². The van der Waals surface area contributed by atoms with E-state index in [4.69, 9.17) is 21.6 Å². The van der Waals surface area contributed by atoms with Gasteiger partial charge in [0.2, 0.25) is 0 Å².